The lowest BCUT2D eigenvalue weighted by Crippen LogP contribution is -2.25. The molecule has 0 saturated carbocycles. The first-order chi connectivity index (χ1) is 9.85. The quantitative estimate of drug-likeness (QED) is 0.823. The molecule has 2 nitrogen and oxygen atoms in total. The highest BCUT2D eigenvalue weighted by atomic mass is 14.9. The predicted octanol–water partition coefficient (Wildman–Crippen LogP) is 3.93. The third-order valence-corrected chi connectivity index (χ3v) is 3.62. The Morgan fingerprint density at radius 2 is 1.90 bits per heavy atom. The molecule has 106 valence electrons. The van der Waals surface area contributed by atoms with E-state index in [9.17, 15) is 0 Å². The first-order valence-corrected chi connectivity index (χ1v) is 7.55. The van der Waals surface area contributed by atoms with Crippen LogP contribution in [0.5, 0.6) is 0 Å². The average Bonchev–Trinajstić information content (AvgIpc) is 2.52. The molecule has 0 aliphatic heterocycles. The van der Waals surface area contributed by atoms with Gasteiger partial charge < -0.3 is 5.32 Å². The van der Waals surface area contributed by atoms with E-state index in [4.69, 9.17) is 0 Å². The summed E-state index contributed by atoms with van der Waals surface area (Å²) in [5.74, 6) is 0. The lowest BCUT2D eigenvalue weighted by atomic mass is 9.95. The second-order valence-electron chi connectivity index (χ2n) is 5.12. The molecule has 0 saturated heterocycles. The monoisotopic (exact) mass is 268 g/mol. The molecule has 1 N–H and O–H groups in total. The van der Waals surface area contributed by atoms with Crippen molar-refractivity contribution >= 4 is 0 Å². The zero-order chi connectivity index (χ0) is 14.2. The highest BCUT2D eigenvalue weighted by Gasteiger charge is 2.14. The van der Waals surface area contributed by atoms with E-state index in [0.29, 0.717) is 6.04 Å². The molecule has 1 aromatic heterocycles. The summed E-state index contributed by atoms with van der Waals surface area (Å²) in [6, 6.07) is 13.2. The number of aryl methyl sites for hydroxylation is 1. The van der Waals surface area contributed by atoms with Crippen molar-refractivity contribution in [3.8, 4) is 0 Å². The lowest BCUT2D eigenvalue weighted by Gasteiger charge is -2.21. The minimum absolute atomic E-state index is 0.371. The Balaban J connectivity index is 2.22. The van der Waals surface area contributed by atoms with E-state index >= 15 is 0 Å². The molecular formula is C18H24N2. The molecule has 2 aromatic rings. The highest BCUT2D eigenvalue weighted by Crippen LogP contribution is 2.22. The van der Waals surface area contributed by atoms with E-state index in [1.807, 2.05) is 12.4 Å². The summed E-state index contributed by atoms with van der Waals surface area (Å²) in [5, 5.41) is 3.68. The Bertz CT molecular complexity index is 508. The Morgan fingerprint density at radius 3 is 2.60 bits per heavy atom. The van der Waals surface area contributed by atoms with Gasteiger partial charge in [0.25, 0.3) is 0 Å². The van der Waals surface area contributed by atoms with Crippen LogP contribution in [-0.2, 0) is 12.8 Å². The highest BCUT2D eigenvalue weighted by molar-refractivity contribution is 5.29. The molecule has 20 heavy (non-hydrogen) atoms. The van der Waals surface area contributed by atoms with E-state index in [2.05, 4.69) is 60.5 Å². The number of nitrogens with one attached hydrogen (secondary N) is 1. The minimum Gasteiger partial charge on any atom is -0.310 e. The van der Waals surface area contributed by atoms with Gasteiger partial charge in [0, 0.05) is 18.4 Å². The Morgan fingerprint density at radius 1 is 1.10 bits per heavy atom. The molecule has 1 unspecified atom stereocenters. The van der Waals surface area contributed by atoms with Crippen LogP contribution in [0.1, 0.15) is 43.0 Å². The number of benzene rings is 1. The van der Waals surface area contributed by atoms with Crippen LogP contribution < -0.4 is 5.32 Å². The van der Waals surface area contributed by atoms with Gasteiger partial charge in [0.2, 0.25) is 0 Å². The van der Waals surface area contributed by atoms with Crippen LogP contribution >= 0.6 is 0 Å². The van der Waals surface area contributed by atoms with Gasteiger partial charge in [0.1, 0.15) is 0 Å². The predicted molar refractivity (Wildman–Crippen MR) is 84.8 cm³/mol. The van der Waals surface area contributed by atoms with Gasteiger partial charge in [-0.15, -0.1) is 0 Å². The summed E-state index contributed by atoms with van der Waals surface area (Å²) in [6.07, 6.45) is 7.11. The molecule has 0 aliphatic rings. The molecular weight excluding hydrogens is 244 g/mol. The van der Waals surface area contributed by atoms with E-state index in [1.54, 1.807) is 0 Å². The van der Waals surface area contributed by atoms with Crippen LogP contribution in [0.15, 0.2) is 48.8 Å². The fourth-order valence-corrected chi connectivity index (χ4v) is 2.53. The van der Waals surface area contributed by atoms with Crippen molar-refractivity contribution in [3.05, 3.63) is 65.5 Å². The number of aromatic nitrogens is 1. The number of rotatable bonds is 7. The zero-order valence-corrected chi connectivity index (χ0v) is 12.5. The fourth-order valence-electron chi connectivity index (χ4n) is 2.53. The van der Waals surface area contributed by atoms with E-state index < -0.39 is 0 Å². The molecule has 0 amide bonds. The van der Waals surface area contributed by atoms with E-state index in [-0.39, 0.29) is 0 Å². The van der Waals surface area contributed by atoms with Crippen LogP contribution in [0.2, 0.25) is 0 Å². The van der Waals surface area contributed by atoms with Gasteiger partial charge in [-0.1, -0.05) is 44.2 Å². The molecule has 1 aromatic carbocycles. The molecule has 2 heteroatoms. The molecule has 1 atom stereocenters. The van der Waals surface area contributed by atoms with Crippen LogP contribution in [-0.4, -0.2) is 11.5 Å². The van der Waals surface area contributed by atoms with Gasteiger partial charge in [0.15, 0.2) is 0 Å². The second-order valence-corrected chi connectivity index (χ2v) is 5.12. The summed E-state index contributed by atoms with van der Waals surface area (Å²) >= 11 is 0. The summed E-state index contributed by atoms with van der Waals surface area (Å²) in [7, 11) is 0. The summed E-state index contributed by atoms with van der Waals surface area (Å²) in [5.41, 5.74) is 4.11. The normalized spacial score (nSPS) is 12.3. The lowest BCUT2D eigenvalue weighted by molar-refractivity contribution is 0.525. The maximum atomic E-state index is 4.26. The van der Waals surface area contributed by atoms with Crippen molar-refractivity contribution in [2.45, 2.75) is 39.2 Å². The molecule has 1 heterocycles. The first kappa shape index (κ1) is 14.7. The molecule has 0 radical (unpaired) electrons. The molecule has 0 aliphatic carbocycles. The molecule has 0 spiro atoms. The fraction of sp³-hybridized carbons (Fsp3) is 0.389. The van der Waals surface area contributed by atoms with E-state index in [1.165, 1.54) is 16.7 Å². The SMILES string of the molecule is CCCNC(Cc1ccccc1)c1ccncc1CC. The molecule has 0 fully saturated rings. The van der Waals surface area contributed by atoms with Crippen LogP contribution in [0.25, 0.3) is 0 Å². The topological polar surface area (TPSA) is 24.9 Å². The van der Waals surface area contributed by atoms with Gasteiger partial charge in [-0.25, -0.2) is 0 Å². The van der Waals surface area contributed by atoms with Gasteiger partial charge >= 0.3 is 0 Å². The summed E-state index contributed by atoms with van der Waals surface area (Å²) in [6.45, 7) is 5.45. The smallest absolute Gasteiger partial charge is 0.0364 e. The average molecular weight is 268 g/mol. The van der Waals surface area contributed by atoms with Crippen LogP contribution in [0.3, 0.4) is 0 Å². The van der Waals surface area contributed by atoms with Crippen molar-refractivity contribution in [2.24, 2.45) is 0 Å². The number of pyridine rings is 1. The molecule has 2 rings (SSSR count). The standard InChI is InChI=1S/C18H24N2/c1-3-11-20-18(13-15-8-6-5-7-9-15)17-10-12-19-14-16(17)4-2/h5-10,12,14,18,20H,3-4,11,13H2,1-2H3. The maximum absolute atomic E-state index is 4.26. The minimum atomic E-state index is 0.371. The van der Waals surface area contributed by atoms with Crippen molar-refractivity contribution in [2.75, 3.05) is 6.54 Å². The van der Waals surface area contributed by atoms with Crippen molar-refractivity contribution < 1.29 is 0 Å². The van der Waals surface area contributed by atoms with Crippen LogP contribution in [0, 0.1) is 0 Å². The molecule has 0 bridgehead atoms. The maximum Gasteiger partial charge on any atom is 0.0364 e. The summed E-state index contributed by atoms with van der Waals surface area (Å²) in [4.78, 5) is 4.26. The van der Waals surface area contributed by atoms with Crippen molar-refractivity contribution in [1.82, 2.24) is 10.3 Å². The van der Waals surface area contributed by atoms with Gasteiger partial charge in [-0.05, 0) is 48.6 Å². The van der Waals surface area contributed by atoms with Gasteiger partial charge in [-0.2, -0.15) is 0 Å². The Kier molecular flexibility index (Phi) is 5.75. The van der Waals surface area contributed by atoms with Gasteiger partial charge in [0.05, 0.1) is 0 Å². The Labute approximate surface area is 122 Å². The number of hydrogen-bond acceptors (Lipinski definition) is 2. The van der Waals surface area contributed by atoms with E-state index in [0.717, 1.165) is 25.8 Å². The van der Waals surface area contributed by atoms with Crippen LogP contribution in [0.4, 0.5) is 0 Å². The zero-order valence-electron chi connectivity index (χ0n) is 12.5. The third kappa shape index (κ3) is 3.91. The number of hydrogen-bond donors (Lipinski definition) is 1. The van der Waals surface area contributed by atoms with Crippen molar-refractivity contribution in [1.29, 1.82) is 0 Å². The first-order valence-electron chi connectivity index (χ1n) is 7.55. The summed E-state index contributed by atoms with van der Waals surface area (Å²) < 4.78 is 0. The number of nitrogens with zero attached hydrogens (tertiary/aromatic N) is 1. The largest absolute Gasteiger partial charge is 0.310 e. The Hall–Kier alpha value is -1.67. The van der Waals surface area contributed by atoms with Crippen molar-refractivity contribution in [3.63, 3.8) is 0 Å². The van der Waals surface area contributed by atoms with Gasteiger partial charge in [-0.3, -0.25) is 4.98 Å². The second kappa shape index (κ2) is 7.81. The third-order valence-electron chi connectivity index (χ3n) is 3.62.